The molecule has 1 atom stereocenters. The molecule has 1 amide bonds. The molecule has 506 valence electrons. The first-order chi connectivity index (χ1) is 43.7. The number of Topliss-reactive ketones (excluding diaryl/α,β-unsaturated/α-hetero) is 2. The number of fused-ring (bicyclic) bond motifs is 2. The van der Waals surface area contributed by atoms with Crippen LogP contribution in [-0.4, -0.2) is 88.4 Å². The van der Waals surface area contributed by atoms with E-state index in [4.69, 9.17) is 18.3 Å². The van der Waals surface area contributed by atoms with Gasteiger partial charge >= 0.3 is 42.2 Å². The number of hydrogen-bond donors (Lipinski definition) is 3. The number of aromatic nitrogens is 2. The zero-order valence-electron chi connectivity index (χ0n) is 48.6. The lowest BCUT2D eigenvalue weighted by molar-refractivity contribution is -0.153. The Labute approximate surface area is 528 Å². The fourth-order valence-corrected chi connectivity index (χ4v) is 8.89. The number of carbonyl (C=O) groups excluding carboxylic acids is 5. The van der Waals surface area contributed by atoms with Crippen LogP contribution in [0.15, 0.2) is 156 Å². The molecule has 2 aliphatic heterocycles. The van der Waals surface area contributed by atoms with Gasteiger partial charge in [-0.2, -0.15) is 52.7 Å². The van der Waals surface area contributed by atoms with Crippen molar-refractivity contribution in [3.63, 3.8) is 0 Å². The number of aromatic amines is 2. The van der Waals surface area contributed by atoms with Gasteiger partial charge in [0.1, 0.15) is 29.3 Å². The van der Waals surface area contributed by atoms with E-state index in [2.05, 4.69) is 25.4 Å². The van der Waals surface area contributed by atoms with E-state index in [1.807, 2.05) is 0 Å². The minimum atomic E-state index is -5.08. The van der Waals surface area contributed by atoms with Crippen LogP contribution in [-0.2, 0) is 43.8 Å². The van der Waals surface area contributed by atoms with E-state index in [0.717, 1.165) is 11.8 Å². The molecule has 0 fully saturated rings. The average Bonchev–Trinajstić information content (AvgIpc) is 1.58. The molecule has 17 nitrogen and oxygen atoms in total. The first kappa shape index (κ1) is 74.0. The smallest absolute Gasteiger partial charge is 0.417 e. The first-order valence-corrected chi connectivity index (χ1v) is 26.8. The minimum Gasteiger partial charge on any atom is -0.460 e. The number of oxazole rings is 2. The normalized spacial score (nSPS) is 14.1. The predicted octanol–water partition coefficient (Wildman–Crippen LogP) is 14.5. The number of halogens is 17. The molecule has 4 N–H and O–H groups in total. The monoisotopic (exact) mass is 1380 g/mol. The number of ether oxygens (including phenoxy) is 3. The maximum atomic E-state index is 14.3. The van der Waals surface area contributed by atoms with E-state index < -0.39 is 131 Å². The molecule has 2 aromatic heterocycles. The number of esters is 1. The van der Waals surface area contributed by atoms with E-state index in [1.165, 1.54) is 60.7 Å². The van der Waals surface area contributed by atoms with Gasteiger partial charge in [-0.1, -0.05) is 24.3 Å². The molecule has 10 rings (SSSR count). The molecule has 6 aromatic carbocycles. The van der Waals surface area contributed by atoms with Crippen LogP contribution in [0.2, 0.25) is 0 Å². The average molecular weight is 1380 g/mol. The maximum absolute atomic E-state index is 14.3. The van der Waals surface area contributed by atoms with Crippen molar-refractivity contribution < 1.29 is 117 Å². The highest BCUT2D eigenvalue weighted by atomic mass is 35.5. The van der Waals surface area contributed by atoms with Gasteiger partial charge in [-0.3, -0.25) is 34.1 Å². The fourth-order valence-electron chi connectivity index (χ4n) is 8.89. The van der Waals surface area contributed by atoms with Crippen LogP contribution in [0.3, 0.4) is 0 Å². The number of alkyl halides is 16. The summed E-state index contributed by atoms with van der Waals surface area (Å²) in [5.41, 5.74) is 1.06. The van der Waals surface area contributed by atoms with Gasteiger partial charge < -0.3 is 33.7 Å². The number of para-hydroxylation sites is 2. The summed E-state index contributed by atoms with van der Waals surface area (Å²) in [4.78, 5) is 91.8. The summed E-state index contributed by atoms with van der Waals surface area (Å²) < 4.78 is 232. The Bertz CT molecular complexity index is 4260. The predicted molar refractivity (Wildman–Crippen MR) is 306 cm³/mol. The highest BCUT2D eigenvalue weighted by molar-refractivity contribution is 6.38. The number of aldehydes is 1. The molecule has 4 heterocycles. The molecule has 95 heavy (non-hydrogen) atoms. The van der Waals surface area contributed by atoms with Crippen LogP contribution >= 0.6 is 12.4 Å². The zero-order chi connectivity index (χ0) is 69.6. The third-order valence-electron chi connectivity index (χ3n) is 13.0. The second-order valence-corrected chi connectivity index (χ2v) is 20.3. The fraction of sp³-hybridized carbons (Fsp3) is 0.246. The van der Waals surface area contributed by atoms with Gasteiger partial charge in [0.2, 0.25) is 5.78 Å². The van der Waals surface area contributed by atoms with Crippen molar-refractivity contribution in [3.8, 4) is 23.0 Å². The Hall–Kier alpha value is -10.1. The van der Waals surface area contributed by atoms with Crippen molar-refractivity contribution in [1.29, 1.82) is 0 Å². The highest BCUT2D eigenvalue weighted by Crippen LogP contribution is 2.46. The molecular formula is C61H46ClF16N5O12. The van der Waals surface area contributed by atoms with Crippen molar-refractivity contribution in [1.82, 2.24) is 14.9 Å². The third-order valence-corrected chi connectivity index (χ3v) is 13.0. The second-order valence-electron chi connectivity index (χ2n) is 20.3. The number of rotatable bonds is 15. The van der Waals surface area contributed by atoms with E-state index in [1.54, 1.807) is 31.2 Å². The number of aliphatic imine (C=N–C) groups is 1. The SMILES string of the molecule is CC(F)(F)CN.CC(F)(F)CN1C(=O)C2=C(C(c3cccc4[nH]c(=O)oc34)=NC2)C1c1ccc(Oc2cc(C(F)(F)F)cc(C(F)(F)F)c2)cc1.CCOC(=O)C(=O)CC(=O)c1cccc2[nH]c(=O)oc12.Cl.O=Cc1ccc(Oc2cc(C(F)(F)F)cc(C(F)(F)F)c2)cc1. The summed E-state index contributed by atoms with van der Waals surface area (Å²) in [6.45, 7) is 1.38. The molecule has 0 bridgehead atoms. The Kier molecular flexibility index (Phi) is 22.6. The number of nitrogens with two attached hydrogens (primary N) is 1. The van der Waals surface area contributed by atoms with Crippen LogP contribution in [0.5, 0.6) is 23.0 Å². The van der Waals surface area contributed by atoms with E-state index in [9.17, 15) is 104 Å². The van der Waals surface area contributed by atoms with E-state index in [0.29, 0.717) is 59.6 Å². The molecular weight excluding hydrogens is 1330 g/mol. The number of hydrogen-bond acceptors (Lipinski definition) is 14. The standard InChI is InChI=1S/C30H19F8N3O4.C15H8F6O2.C13H11NO6.C3H7F2N.ClH/c1-28(31,32)13-41-24(22-20(26(41)42)12-39-23(22)19-3-2-4-21-25(19)45-27(43)40-21)14-5-7-17(8-6-14)44-18-10-15(29(33,34)35)9-16(11-18)30(36,37)38;16-14(17,18)10-5-11(15(19,20)21)7-13(6-10)23-12-3-1-9(8-22)2-4-12;1-2-19-12(17)10(16)6-9(15)7-4-3-5-8-11(7)20-13(18)14-8;1-3(4,5)2-6;/h2-11,24H,12-13H2,1H3,(H,40,43);1-8H;3-5H,2,6H2,1H3,(H,14,18);2,6H2,1H3;1H. The lowest BCUT2D eigenvalue weighted by Crippen LogP contribution is -2.40. The maximum Gasteiger partial charge on any atom is 0.417 e. The van der Waals surface area contributed by atoms with Gasteiger partial charge in [-0.25, -0.2) is 31.9 Å². The number of carbonyl (C=O) groups is 5. The topological polar surface area (TPSA) is 247 Å². The quantitative estimate of drug-likeness (QED) is 0.0216. The molecule has 0 saturated heterocycles. The van der Waals surface area contributed by atoms with E-state index >= 15 is 0 Å². The largest absolute Gasteiger partial charge is 0.460 e. The zero-order valence-corrected chi connectivity index (χ0v) is 49.4. The molecule has 0 spiro atoms. The lowest BCUT2D eigenvalue weighted by atomic mass is 9.91. The van der Waals surface area contributed by atoms with Crippen molar-refractivity contribution in [3.05, 3.63) is 198 Å². The number of ketones is 2. The summed E-state index contributed by atoms with van der Waals surface area (Å²) in [7, 11) is 0. The Morgan fingerprint density at radius 1 is 0.621 bits per heavy atom. The Balaban J connectivity index is 0.000000239. The van der Waals surface area contributed by atoms with Crippen LogP contribution in [0.25, 0.3) is 22.2 Å². The van der Waals surface area contributed by atoms with Gasteiger partial charge in [0.25, 0.3) is 17.8 Å². The van der Waals surface area contributed by atoms with Crippen molar-refractivity contribution in [2.45, 2.75) is 69.8 Å². The number of H-pyrrole nitrogens is 2. The van der Waals surface area contributed by atoms with E-state index in [-0.39, 0.29) is 88.3 Å². The Morgan fingerprint density at radius 3 is 1.49 bits per heavy atom. The molecule has 0 saturated carbocycles. The Morgan fingerprint density at radius 2 is 1.06 bits per heavy atom. The number of benzene rings is 6. The molecule has 2 aliphatic rings. The summed E-state index contributed by atoms with van der Waals surface area (Å²) in [5.74, 6) is -12.2. The van der Waals surface area contributed by atoms with Crippen molar-refractivity contribution in [2.24, 2.45) is 10.7 Å². The summed E-state index contributed by atoms with van der Waals surface area (Å²) in [6.07, 6.45) is -20.1. The van der Waals surface area contributed by atoms with Gasteiger partial charge in [0.15, 0.2) is 16.9 Å². The van der Waals surface area contributed by atoms with Gasteiger partial charge in [-0.15, -0.1) is 12.4 Å². The minimum absolute atomic E-state index is 0. The third kappa shape index (κ3) is 19.1. The van der Waals surface area contributed by atoms with Gasteiger partial charge in [0, 0.05) is 36.1 Å². The van der Waals surface area contributed by atoms with Crippen LogP contribution in [0.4, 0.5) is 70.2 Å². The number of amides is 1. The summed E-state index contributed by atoms with van der Waals surface area (Å²) in [5, 5.41) is 0. The lowest BCUT2D eigenvalue weighted by Gasteiger charge is -2.30. The van der Waals surface area contributed by atoms with Crippen LogP contribution in [0.1, 0.15) is 87.3 Å². The second kappa shape index (κ2) is 29.1. The van der Waals surface area contributed by atoms with Crippen LogP contribution < -0.4 is 26.7 Å². The first-order valence-electron chi connectivity index (χ1n) is 26.8. The van der Waals surface area contributed by atoms with Crippen molar-refractivity contribution >= 4 is 70.0 Å². The number of nitrogens with zero attached hydrogens (tertiary/aromatic N) is 2. The highest BCUT2D eigenvalue weighted by Gasteiger charge is 2.48. The molecule has 0 aliphatic carbocycles. The van der Waals surface area contributed by atoms with Crippen LogP contribution in [0, 0.1) is 0 Å². The molecule has 0 radical (unpaired) electrons. The molecule has 1 unspecified atom stereocenters. The molecule has 8 aromatic rings. The number of nitrogens with one attached hydrogen (secondary N) is 2. The summed E-state index contributed by atoms with van der Waals surface area (Å²) >= 11 is 0. The summed E-state index contributed by atoms with van der Waals surface area (Å²) in [6, 6.07) is 20.3. The van der Waals surface area contributed by atoms with Gasteiger partial charge in [-0.05, 0) is 110 Å². The molecule has 34 heteroatoms. The van der Waals surface area contributed by atoms with Crippen molar-refractivity contribution in [2.75, 3.05) is 26.2 Å². The van der Waals surface area contributed by atoms with Gasteiger partial charge in [0.05, 0.1) is 83.3 Å².